The summed E-state index contributed by atoms with van der Waals surface area (Å²) in [7, 11) is 0. The fraction of sp³-hybridized carbons (Fsp3) is 0.200. The lowest BCUT2D eigenvalue weighted by Gasteiger charge is -2.22. The van der Waals surface area contributed by atoms with E-state index in [0.29, 0.717) is 19.6 Å². The summed E-state index contributed by atoms with van der Waals surface area (Å²) in [5.74, 6) is 0.0691. The van der Waals surface area contributed by atoms with Crippen molar-refractivity contribution in [3.05, 3.63) is 58.3 Å². The van der Waals surface area contributed by atoms with Gasteiger partial charge in [-0.05, 0) is 39.7 Å². The number of rotatable bonds is 2. The summed E-state index contributed by atoms with van der Waals surface area (Å²) in [4.78, 5) is 18.4. The van der Waals surface area contributed by atoms with E-state index in [1.807, 2.05) is 36.4 Å². The first kappa shape index (κ1) is 13.3. The molecule has 0 fully saturated rings. The molecular weight excluding hydrogens is 318 g/mol. The quantitative estimate of drug-likeness (QED) is 0.919. The van der Waals surface area contributed by atoms with Gasteiger partial charge in [0.1, 0.15) is 0 Å². The van der Waals surface area contributed by atoms with E-state index in [4.69, 9.17) is 0 Å². The fourth-order valence-corrected chi connectivity index (χ4v) is 2.53. The van der Waals surface area contributed by atoms with Crippen LogP contribution in [-0.2, 0) is 17.9 Å². The van der Waals surface area contributed by atoms with Crippen LogP contribution in [0.2, 0.25) is 0 Å². The van der Waals surface area contributed by atoms with E-state index in [2.05, 4.69) is 26.2 Å². The highest BCUT2D eigenvalue weighted by Gasteiger charge is 2.21. The normalized spacial score (nSPS) is 14.8. The Morgan fingerprint density at radius 1 is 1.20 bits per heavy atom. The highest BCUT2D eigenvalue weighted by atomic mass is 79.9. The minimum atomic E-state index is 0.0691. The average Bonchev–Trinajstić information content (AvgIpc) is 2.62. The van der Waals surface area contributed by atoms with Crippen LogP contribution < -0.4 is 10.2 Å². The molecule has 4 nitrogen and oxygen atoms in total. The SMILES string of the molecule is O=C1CNCc2ccccc2N1Cc1ccc(Br)cn1. The molecule has 1 aliphatic rings. The minimum absolute atomic E-state index is 0.0691. The number of amides is 1. The second-order valence-corrected chi connectivity index (χ2v) is 5.60. The number of halogens is 1. The molecule has 1 N–H and O–H groups in total. The number of nitrogens with one attached hydrogen (secondary N) is 1. The van der Waals surface area contributed by atoms with Crippen LogP contribution in [0.4, 0.5) is 5.69 Å². The van der Waals surface area contributed by atoms with Crippen molar-refractivity contribution in [2.45, 2.75) is 13.1 Å². The molecule has 102 valence electrons. The van der Waals surface area contributed by atoms with Crippen molar-refractivity contribution in [2.24, 2.45) is 0 Å². The van der Waals surface area contributed by atoms with Crippen molar-refractivity contribution in [3.8, 4) is 0 Å². The zero-order valence-corrected chi connectivity index (χ0v) is 12.4. The van der Waals surface area contributed by atoms with Crippen LogP contribution in [0.5, 0.6) is 0 Å². The maximum atomic E-state index is 12.3. The fourth-order valence-electron chi connectivity index (χ4n) is 2.29. The Morgan fingerprint density at radius 2 is 2.05 bits per heavy atom. The van der Waals surface area contributed by atoms with Gasteiger partial charge in [-0.2, -0.15) is 0 Å². The third-order valence-electron chi connectivity index (χ3n) is 3.28. The van der Waals surface area contributed by atoms with E-state index in [-0.39, 0.29) is 5.91 Å². The summed E-state index contributed by atoms with van der Waals surface area (Å²) in [6, 6.07) is 11.8. The molecule has 5 heteroatoms. The number of carbonyl (C=O) groups is 1. The number of hydrogen-bond donors (Lipinski definition) is 1. The standard InChI is InChI=1S/C15H14BrN3O/c16-12-5-6-13(18-8-12)10-19-14-4-2-1-3-11(14)7-17-9-15(19)20/h1-6,8,17H,7,9-10H2. The topological polar surface area (TPSA) is 45.2 Å². The Hall–Kier alpha value is -1.72. The van der Waals surface area contributed by atoms with E-state index in [9.17, 15) is 4.79 Å². The molecule has 2 aromatic rings. The van der Waals surface area contributed by atoms with Crippen LogP contribution in [0.3, 0.4) is 0 Å². The van der Waals surface area contributed by atoms with Gasteiger partial charge in [0.2, 0.25) is 5.91 Å². The largest absolute Gasteiger partial charge is 0.305 e. The van der Waals surface area contributed by atoms with Gasteiger partial charge in [-0.1, -0.05) is 18.2 Å². The lowest BCUT2D eigenvalue weighted by Crippen LogP contribution is -2.35. The molecule has 1 aromatic heterocycles. The first-order chi connectivity index (χ1) is 9.74. The van der Waals surface area contributed by atoms with Crippen molar-refractivity contribution in [3.63, 3.8) is 0 Å². The monoisotopic (exact) mass is 331 g/mol. The molecule has 1 aromatic carbocycles. The van der Waals surface area contributed by atoms with Crippen LogP contribution >= 0.6 is 15.9 Å². The van der Waals surface area contributed by atoms with Crippen LogP contribution in [0.25, 0.3) is 0 Å². The van der Waals surface area contributed by atoms with Gasteiger partial charge in [-0.15, -0.1) is 0 Å². The predicted octanol–water partition coefficient (Wildman–Crippen LogP) is 2.48. The minimum Gasteiger partial charge on any atom is -0.305 e. The Bertz CT molecular complexity index is 627. The Labute approximate surface area is 126 Å². The van der Waals surface area contributed by atoms with E-state index in [0.717, 1.165) is 21.4 Å². The predicted molar refractivity (Wildman–Crippen MR) is 81.3 cm³/mol. The molecule has 0 unspecified atom stereocenters. The summed E-state index contributed by atoms with van der Waals surface area (Å²) in [5.41, 5.74) is 2.97. The van der Waals surface area contributed by atoms with E-state index >= 15 is 0 Å². The summed E-state index contributed by atoms with van der Waals surface area (Å²) in [5, 5.41) is 3.16. The lowest BCUT2D eigenvalue weighted by atomic mass is 10.1. The molecule has 0 bridgehead atoms. The number of benzene rings is 1. The molecule has 0 saturated heterocycles. The van der Waals surface area contributed by atoms with Gasteiger partial charge in [0.15, 0.2) is 0 Å². The van der Waals surface area contributed by atoms with Crippen molar-refractivity contribution in [2.75, 3.05) is 11.4 Å². The highest BCUT2D eigenvalue weighted by Crippen LogP contribution is 2.24. The first-order valence-corrected chi connectivity index (χ1v) is 7.23. The van der Waals surface area contributed by atoms with Crippen LogP contribution in [0.1, 0.15) is 11.3 Å². The molecule has 20 heavy (non-hydrogen) atoms. The third-order valence-corrected chi connectivity index (χ3v) is 3.75. The van der Waals surface area contributed by atoms with E-state index in [1.54, 1.807) is 11.1 Å². The van der Waals surface area contributed by atoms with Gasteiger partial charge in [0.25, 0.3) is 0 Å². The van der Waals surface area contributed by atoms with Crippen molar-refractivity contribution < 1.29 is 4.79 Å². The van der Waals surface area contributed by atoms with Gasteiger partial charge in [0, 0.05) is 22.9 Å². The molecule has 1 amide bonds. The van der Waals surface area contributed by atoms with Gasteiger partial charge >= 0.3 is 0 Å². The summed E-state index contributed by atoms with van der Waals surface area (Å²) >= 11 is 3.37. The van der Waals surface area contributed by atoms with Gasteiger partial charge in [-0.3, -0.25) is 9.78 Å². The maximum Gasteiger partial charge on any atom is 0.241 e. The number of hydrogen-bond acceptors (Lipinski definition) is 3. The van der Waals surface area contributed by atoms with Crippen LogP contribution in [-0.4, -0.2) is 17.4 Å². The highest BCUT2D eigenvalue weighted by molar-refractivity contribution is 9.10. The first-order valence-electron chi connectivity index (χ1n) is 6.43. The van der Waals surface area contributed by atoms with Crippen molar-refractivity contribution in [1.82, 2.24) is 10.3 Å². The Kier molecular flexibility index (Phi) is 3.80. The number of nitrogens with zero attached hydrogens (tertiary/aromatic N) is 2. The summed E-state index contributed by atoms with van der Waals surface area (Å²) in [6.07, 6.45) is 1.75. The second kappa shape index (κ2) is 5.73. The average molecular weight is 332 g/mol. The number of anilines is 1. The van der Waals surface area contributed by atoms with E-state index < -0.39 is 0 Å². The summed E-state index contributed by atoms with van der Waals surface area (Å²) in [6.45, 7) is 1.56. The van der Waals surface area contributed by atoms with Gasteiger partial charge in [0.05, 0.1) is 18.8 Å². The van der Waals surface area contributed by atoms with Crippen LogP contribution in [0, 0.1) is 0 Å². The van der Waals surface area contributed by atoms with Crippen molar-refractivity contribution >= 4 is 27.5 Å². The molecule has 0 spiro atoms. The van der Waals surface area contributed by atoms with Gasteiger partial charge in [-0.25, -0.2) is 0 Å². The van der Waals surface area contributed by atoms with Gasteiger partial charge < -0.3 is 10.2 Å². The molecule has 0 atom stereocenters. The van der Waals surface area contributed by atoms with Crippen LogP contribution in [0.15, 0.2) is 47.1 Å². The molecule has 0 aliphatic carbocycles. The molecule has 3 rings (SSSR count). The van der Waals surface area contributed by atoms with Crippen molar-refractivity contribution in [1.29, 1.82) is 0 Å². The number of fused-ring (bicyclic) bond motifs is 1. The molecular formula is C15H14BrN3O. The number of pyridine rings is 1. The molecule has 0 saturated carbocycles. The maximum absolute atomic E-state index is 12.3. The zero-order chi connectivity index (χ0) is 13.9. The third kappa shape index (κ3) is 2.73. The molecule has 0 radical (unpaired) electrons. The second-order valence-electron chi connectivity index (χ2n) is 4.68. The number of para-hydroxylation sites is 1. The molecule has 2 heterocycles. The Morgan fingerprint density at radius 3 is 2.85 bits per heavy atom. The summed E-state index contributed by atoms with van der Waals surface area (Å²) < 4.78 is 0.936. The molecule has 1 aliphatic heterocycles. The number of aromatic nitrogens is 1. The van der Waals surface area contributed by atoms with E-state index in [1.165, 1.54) is 0 Å². The Balaban J connectivity index is 1.94. The smallest absolute Gasteiger partial charge is 0.241 e. The zero-order valence-electron chi connectivity index (χ0n) is 10.8. The lowest BCUT2D eigenvalue weighted by molar-refractivity contribution is -0.117. The number of carbonyl (C=O) groups excluding carboxylic acids is 1.